The smallest absolute Gasteiger partial charge is 0.250 e. The number of nitrogens with one attached hydrogen (secondary N) is 1. The van der Waals surface area contributed by atoms with Crippen LogP contribution in [0.1, 0.15) is 16.2 Å². The summed E-state index contributed by atoms with van der Waals surface area (Å²) in [6.07, 6.45) is 0. The van der Waals surface area contributed by atoms with Crippen molar-refractivity contribution in [3.8, 4) is 5.69 Å². The van der Waals surface area contributed by atoms with Gasteiger partial charge in [-0.15, -0.1) is 5.10 Å². The monoisotopic (exact) mass is 294 g/mol. The Morgan fingerprint density at radius 2 is 1.82 bits per heavy atom. The molecule has 3 N–H and O–H groups in total. The van der Waals surface area contributed by atoms with Gasteiger partial charge in [-0.2, -0.15) is 4.68 Å². The summed E-state index contributed by atoms with van der Waals surface area (Å²) in [6.45, 7) is 0.367. The van der Waals surface area contributed by atoms with Crippen molar-refractivity contribution in [2.75, 3.05) is 5.32 Å². The number of anilines is 1. The van der Waals surface area contributed by atoms with Crippen molar-refractivity contribution < 1.29 is 4.79 Å². The molecule has 0 unspecified atom stereocenters. The summed E-state index contributed by atoms with van der Waals surface area (Å²) in [6, 6.07) is 16.6. The molecule has 3 rings (SSSR count). The van der Waals surface area contributed by atoms with E-state index in [-0.39, 0.29) is 0 Å². The number of tetrazole rings is 1. The number of hydrogen-bond donors (Lipinski definition) is 2. The van der Waals surface area contributed by atoms with Crippen molar-refractivity contribution in [3.63, 3.8) is 0 Å². The molecule has 110 valence electrons. The number of carbonyl (C=O) groups excluding carboxylic acids is 1. The minimum absolute atomic E-state index is 0.367. The number of primary amides is 1. The third kappa shape index (κ3) is 2.78. The fourth-order valence-corrected chi connectivity index (χ4v) is 2.11. The Hall–Kier alpha value is -3.22. The van der Waals surface area contributed by atoms with Crippen molar-refractivity contribution in [3.05, 3.63) is 66.0 Å². The highest BCUT2D eigenvalue weighted by Gasteiger charge is 2.10. The van der Waals surface area contributed by atoms with Crippen LogP contribution in [0.4, 0.5) is 5.69 Å². The van der Waals surface area contributed by atoms with Crippen molar-refractivity contribution in [1.29, 1.82) is 0 Å². The van der Waals surface area contributed by atoms with E-state index >= 15 is 0 Å². The van der Waals surface area contributed by atoms with Gasteiger partial charge in [0.1, 0.15) is 0 Å². The first-order chi connectivity index (χ1) is 10.8. The van der Waals surface area contributed by atoms with E-state index < -0.39 is 5.91 Å². The van der Waals surface area contributed by atoms with E-state index in [1.165, 1.54) is 0 Å². The molecular weight excluding hydrogens is 280 g/mol. The number of benzene rings is 2. The summed E-state index contributed by atoms with van der Waals surface area (Å²) < 4.78 is 1.64. The minimum atomic E-state index is -0.481. The lowest BCUT2D eigenvalue weighted by atomic mass is 10.1. The number of nitrogens with two attached hydrogens (primary N) is 1. The van der Waals surface area contributed by atoms with Gasteiger partial charge in [0.2, 0.25) is 0 Å². The quantitative estimate of drug-likeness (QED) is 0.740. The molecule has 0 bridgehead atoms. The lowest BCUT2D eigenvalue weighted by Gasteiger charge is -2.09. The van der Waals surface area contributed by atoms with Crippen LogP contribution in [0.5, 0.6) is 0 Å². The fraction of sp³-hybridized carbons (Fsp3) is 0.0667. The van der Waals surface area contributed by atoms with Crippen LogP contribution in [-0.2, 0) is 6.54 Å². The van der Waals surface area contributed by atoms with Crippen molar-refractivity contribution in [2.45, 2.75) is 6.54 Å². The molecule has 1 amide bonds. The first-order valence-electron chi connectivity index (χ1n) is 6.71. The standard InChI is InChI=1S/C15H14N6O/c16-15(22)12-8-4-5-9-13(12)17-10-14-18-19-20-21(14)11-6-2-1-3-7-11/h1-9,17H,10H2,(H2,16,22). The number of para-hydroxylation sites is 2. The second-order valence-corrected chi connectivity index (χ2v) is 4.61. The third-order valence-corrected chi connectivity index (χ3v) is 3.16. The SMILES string of the molecule is NC(=O)c1ccccc1NCc1nnnn1-c1ccccc1. The van der Waals surface area contributed by atoms with E-state index in [4.69, 9.17) is 5.73 Å². The van der Waals surface area contributed by atoms with E-state index in [0.29, 0.717) is 23.6 Å². The van der Waals surface area contributed by atoms with E-state index in [1.54, 1.807) is 22.9 Å². The minimum Gasteiger partial charge on any atom is -0.377 e. The Bertz CT molecular complexity index is 783. The summed E-state index contributed by atoms with van der Waals surface area (Å²) in [4.78, 5) is 11.4. The van der Waals surface area contributed by atoms with Gasteiger partial charge in [-0.3, -0.25) is 4.79 Å². The summed E-state index contributed by atoms with van der Waals surface area (Å²) >= 11 is 0. The molecule has 7 nitrogen and oxygen atoms in total. The number of amides is 1. The number of rotatable bonds is 5. The summed E-state index contributed by atoms with van der Waals surface area (Å²) in [7, 11) is 0. The molecule has 0 aliphatic rings. The normalized spacial score (nSPS) is 10.4. The number of aromatic nitrogens is 4. The topological polar surface area (TPSA) is 98.7 Å². The van der Waals surface area contributed by atoms with Gasteiger partial charge < -0.3 is 11.1 Å². The lowest BCUT2D eigenvalue weighted by Crippen LogP contribution is -2.15. The first kappa shape index (κ1) is 13.7. The number of hydrogen-bond acceptors (Lipinski definition) is 5. The molecule has 0 saturated carbocycles. The zero-order chi connectivity index (χ0) is 15.4. The van der Waals surface area contributed by atoms with Gasteiger partial charge >= 0.3 is 0 Å². The predicted molar refractivity (Wildman–Crippen MR) is 81.4 cm³/mol. The van der Waals surface area contributed by atoms with Gasteiger partial charge in [-0.05, 0) is 34.7 Å². The van der Waals surface area contributed by atoms with Crippen LogP contribution in [0, 0.1) is 0 Å². The summed E-state index contributed by atoms with van der Waals surface area (Å²) in [5, 5.41) is 14.8. The Balaban J connectivity index is 1.82. The van der Waals surface area contributed by atoms with Gasteiger partial charge in [-0.1, -0.05) is 30.3 Å². The van der Waals surface area contributed by atoms with Crippen LogP contribution in [0.3, 0.4) is 0 Å². The first-order valence-corrected chi connectivity index (χ1v) is 6.71. The lowest BCUT2D eigenvalue weighted by molar-refractivity contribution is 0.100. The van der Waals surface area contributed by atoms with Crippen molar-refractivity contribution >= 4 is 11.6 Å². The van der Waals surface area contributed by atoms with E-state index in [1.807, 2.05) is 36.4 Å². The molecule has 0 atom stereocenters. The molecule has 2 aromatic carbocycles. The van der Waals surface area contributed by atoms with Crippen molar-refractivity contribution in [2.24, 2.45) is 5.73 Å². The van der Waals surface area contributed by atoms with E-state index in [2.05, 4.69) is 20.8 Å². The molecule has 7 heteroatoms. The van der Waals surface area contributed by atoms with Gasteiger partial charge in [0.15, 0.2) is 5.82 Å². The fourth-order valence-electron chi connectivity index (χ4n) is 2.11. The second-order valence-electron chi connectivity index (χ2n) is 4.61. The highest BCUT2D eigenvalue weighted by atomic mass is 16.1. The Kier molecular flexibility index (Phi) is 3.78. The molecule has 1 heterocycles. The largest absolute Gasteiger partial charge is 0.377 e. The maximum Gasteiger partial charge on any atom is 0.250 e. The summed E-state index contributed by atoms with van der Waals surface area (Å²) in [5.74, 6) is 0.149. The average Bonchev–Trinajstić information content (AvgIpc) is 3.02. The highest BCUT2D eigenvalue weighted by Crippen LogP contribution is 2.15. The maximum atomic E-state index is 11.4. The van der Waals surface area contributed by atoms with Crippen LogP contribution >= 0.6 is 0 Å². The molecule has 0 radical (unpaired) electrons. The maximum absolute atomic E-state index is 11.4. The second kappa shape index (κ2) is 6.04. The molecule has 0 saturated heterocycles. The van der Waals surface area contributed by atoms with Crippen LogP contribution < -0.4 is 11.1 Å². The van der Waals surface area contributed by atoms with Gasteiger partial charge in [-0.25, -0.2) is 0 Å². The van der Waals surface area contributed by atoms with Gasteiger partial charge in [0.05, 0.1) is 17.8 Å². The highest BCUT2D eigenvalue weighted by molar-refractivity contribution is 5.98. The molecular formula is C15H14N6O. The molecule has 0 fully saturated rings. The van der Waals surface area contributed by atoms with Crippen LogP contribution in [0.15, 0.2) is 54.6 Å². The van der Waals surface area contributed by atoms with Crippen LogP contribution in [0.2, 0.25) is 0 Å². The number of nitrogens with zero attached hydrogens (tertiary/aromatic N) is 4. The molecule has 0 spiro atoms. The molecule has 0 aliphatic heterocycles. The van der Waals surface area contributed by atoms with E-state index in [0.717, 1.165) is 5.69 Å². The molecule has 3 aromatic rings. The zero-order valence-corrected chi connectivity index (χ0v) is 11.7. The predicted octanol–water partition coefficient (Wildman–Crippen LogP) is 1.37. The van der Waals surface area contributed by atoms with Crippen molar-refractivity contribution in [1.82, 2.24) is 20.2 Å². The Labute approximate surface area is 126 Å². The van der Waals surface area contributed by atoms with E-state index in [9.17, 15) is 4.79 Å². The summed E-state index contributed by atoms with van der Waals surface area (Å²) in [5.41, 5.74) is 7.31. The zero-order valence-electron chi connectivity index (χ0n) is 11.7. The van der Waals surface area contributed by atoms with Crippen LogP contribution in [-0.4, -0.2) is 26.1 Å². The number of carbonyl (C=O) groups is 1. The molecule has 22 heavy (non-hydrogen) atoms. The van der Waals surface area contributed by atoms with Crippen LogP contribution in [0.25, 0.3) is 5.69 Å². The Morgan fingerprint density at radius 3 is 2.59 bits per heavy atom. The Morgan fingerprint density at radius 1 is 1.09 bits per heavy atom. The third-order valence-electron chi connectivity index (χ3n) is 3.16. The molecule has 1 aromatic heterocycles. The average molecular weight is 294 g/mol. The van der Waals surface area contributed by atoms with Gasteiger partial charge in [0.25, 0.3) is 5.91 Å². The van der Waals surface area contributed by atoms with Gasteiger partial charge in [0, 0.05) is 5.69 Å². The molecule has 0 aliphatic carbocycles.